The second kappa shape index (κ2) is 9.52. The number of benzene rings is 2. The lowest BCUT2D eigenvalue weighted by atomic mass is 9.94. The highest BCUT2D eigenvalue weighted by Gasteiger charge is 2.32. The van der Waals surface area contributed by atoms with E-state index in [1.807, 2.05) is 44.2 Å². The van der Waals surface area contributed by atoms with Gasteiger partial charge in [-0.05, 0) is 42.4 Å². The van der Waals surface area contributed by atoms with Crippen LogP contribution in [0.15, 0.2) is 62.6 Å². The highest BCUT2D eigenvalue weighted by Crippen LogP contribution is 2.28. The minimum Gasteiger partial charge on any atom is -0.408 e. The van der Waals surface area contributed by atoms with Gasteiger partial charge in [-0.25, -0.2) is 13.2 Å². The van der Waals surface area contributed by atoms with Crippen LogP contribution < -0.4 is 11.1 Å². The Morgan fingerprint density at radius 2 is 1.79 bits per heavy atom. The fourth-order valence-corrected chi connectivity index (χ4v) is 6.19. The van der Waals surface area contributed by atoms with Gasteiger partial charge in [-0.3, -0.25) is 9.36 Å². The molecule has 2 aromatic carbocycles. The van der Waals surface area contributed by atoms with E-state index in [2.05, 4.69) is 5.32 Å². The van der Waals surface area contributed by atoms with Gasteiger partial charge in [0, 0.05) is 25.7 Å². The van der Waals surface area contributed by atoms with E-state index in [0.29, 0.717) is 31.6 Å². The van der Waals surface area contributed by atoms with Gasteiger partial charge in [-0.2, -0.15) is 4.31 Å². The molecule has 4 rings (SSSR count). The van der Waals surface area contributed by atoms with Gasteiger partial charge in [0.05, 0.1) is 10.4 Å². The minimum absolute atomic E-state index is 0.0875. The number of hydrogen-bond acceptors (Lipinski definition) is 5. The van der Waals surface area contributed by atoms with Gasteiger partial charge in [0.15, 0.2) is 5.58 Å². The Morgan fingerprint density at radius 3 is 2.48 bits per heavy atom. The third kappa shape index (κ3) is 5.20. The molecule has 2 heterocycles. The number of hydrogen-bond donors (Lipinski definition) is 1. The molecule has 1 saturated heterocycles. The molecule has 0 unspecified atom stereocenters. The first-order valence-corrected chi connectivity index (χ1v) is 12.6. The molecule has 1 fully saturated rings. The summed E-state index contributed by atoms with van der Waals surface area (Å²) in [6.07, 6.45) is 1.68. The van der Waals surface area contributed by atoms with Crippen molar-refractivity contribution in [1.29, 1.82) is 0 Å². The zero-order valence-corrected chi connectivity index (χ0v) is 19.7. The van der Waals surface area contributed by atoms with E-state index in [4.69, 9.17) is 4.42 Å². The van der Waals surface area contributed by atoms with Gasteiger partial charge in [0.25, 0.3) is 0 Å². The zero-order chi connectivity index (χ0) is 23.6. The molecule has 176 valence electrons. The summed E-state index contributed by atoms with van der Waals surface area (Å²) in [6, 6.07) is 14.2. The lowest BCUT2D eigenvalue weighted by molar-refractivity contribution is -0.121. The smallest absolute Gasteiger partial charge is 0.408 e. The van der Waals surface area contributed by atoms with E-state index < -0.39 is 15.8 Å². The first-order valence-electron chi connectivity index (χ1n) is 11.2. The lowest BCUT2D eigenvalue weighted by Crippen LogP contribution is -2.42. The van der Waals surface area contributed by atoms with Crippen LogP contribution in [-0.2, 0) is 27.8 Å². The van der Waals surface area contributed by atoms with Crippen molar-refractivity contribution in [1.82, 2.24) is 14.2 Å². The quantitative estimate of drug-likeness (QED) is 0.571. The predicted molar refractivity (Wildman–Crippen MR) is 125 cm³/mol. The van der Waals surface area contributed by atoms with Crippen LogP contribution in [0.25, 0.3) is 11.1 Å². The maximum atomic E-state index is 13.2. The molecule has 1 N–H and O–H groups in total. The average Bonchev–Trinajstić information content (AvgIpc) is 3.08. The maximum Gasteiger partial charge on any atom is 0.420 e. The Labute approximate surface area is 193 Å². The van der Waals surface area contributed by atoms with Crippen LogP contribution >= 0.6 is 0 Å². The normalized spacial score (nSPS) is 19.6. The molecule has 0 radical (unpaired) electrons. The van der Waals surface area contributed by atoms with Gasteiger partial charge in [0.1, 0.15) is 6.54 Å². The number of nitrogens with zero attached hydrogens (tertiary/aromatic N) is 2. The molecule has 0 aliphatic carbocycles. The number of oxazole rings is 1. The number of carbonyl (C=O) groups excluding carboxylic acids is 1. The molecule has 0 saturated carbocycles. The lowest BCUT2D eigenvalue weighted by Gasteiger charge is -2.34. The second-order valence-electron chi connectivity index (χ2n) is 8.94. The summed E-state index contributed by atoms with van der Waals surface area (Å²) in [5.41, 5.74) is 1.64. The third-order valence-electron chi connectivity index (χ3n) is 5.99. The summed E-state index contributed by atoms with van der Waals surface area (Å²) < 4.78 is 34.3. The van der Waals surface area contributed by atoms with E-state index in [0.717, 1.165) is 12.0 Å². The van der Waals surface area contributed by atoms with Crippen LogP contribution in [0, 0.1) is 11.8 Å². The van der Waals surface area contributed by atoms with E-state index in [1.165, 1.54) is 27.1 Å². The van der Waals surface area contributed by atoms with Crippen molar-refractivity contribution < 1.29 is 17.6 Å². The molecule has 0 bridgehead atoms. The Bertz CT molecular complexity index is 1290. The maximum absolute atomic E-state index is 13.2. The van der Waals surface area contributed by atoms with Crippen LogP contribution in [0.3, 0.4) is 0 Å². The van der Waals surface area contributed by atoms with Crippen molar-refractivity contribution in [2.24, 2.45) is 11.8 Å². The molecule has 2 atom stereocenters. The van der Waals surface area contributed by atoms with Gasteiger partial charge >= 0.3 is 5.76 Å². The second-order valence-corrected chi connectivity index (χ2v) is 10.9. The largest absolute Gasteiger partial charge is 0.420 e. The fourth-order valence-electron chi connectivity index (χ4n) is 4.50. The third-order valence-corrected chi connectivity index (χ3v) is 7.82. The van der Waals surface area contributed by atoms with Gasteiger partial charge in [0.2, 0.25) is 15.9 Å². The zero-order valence-electron chi connectivity index (χ0n) is 18.9. The summed E-state index contributed by atoms with van der Waals surface area (Å²) in [5, 5.41) is 2.81. The Kier molecular flexibility index (Phi) is 6.71. The molecule has 3 aromatic rings. The molecular weight excluding hydrogens is 442 g/mol. The summed E-state index contributed by atoms with van der Waals surface area (Å²) in [6.45, 7) is 5.28. The molecule has 33 heavy (non-hydrogen) atoms. The number of fused-ring (bicyclic) bond motifs is 1. The predicted octanol–water partition coefficient (Wildman–Crippen LogP) is 2.62. The van der Waals surface area contributed by atoms with E-state index in [9.17, 15) is 18.0 Å². The molecule has 1 aliphatic heterocycles. The van der Waals surface area contributed by atoms with Gasteiger partial charge < -0.3 is 9.73 Å². The summed E-state index contributed by atoms with van der Waals surface area (Å²) in [4.78, 5) is 24.8. The number of carbonyl (C=O) groups is 1. The topological polar surface area (TPSA) is 102 Å². The first kappa shape index (κ1) is 23.3. The molecule has 1 aliphatic rings. The molecule has 1 amide bonds. The van der Waals surface area contributed by atoms with E-state index >= 15 is 0 Å². The Balaban J connectivity index is 1.48. The highest BCUT2D eigenvalue weighted by molar-refractivity contribution is 7.89. The van der Waals surface area contributed by atoms with Crippen LogP contribution in [-0.4, -0.2) is 42.8 Å². The van der Waals surface area contributed by atoms with Crippen LogP contribution in [0.4, 0.5) is 0 Å². The molecular formula is C24H29N3O5S. The van der Waals surface area contributed by atoms with Gasteiger partial charge in [-0.15, -0.1) is 0 Å². The summed E-state index contributed by atoms with van der Waals surface area (Å²) >= 11 is 0. The summed E-state index contributed by atoms with van der Waals surface area (Å²) in [5.74, 6) is -0.444. The van der Waals surface area contributed by atoms with Crippen LogP contribution in [0.5, 0.6) is 0 Å². The minimum atomic E-state index is -3.70. The monoisotopic (exact) mass is 471 g/mol. The van der Waals surface area contributed by atoms with E-state index in [1.54, 1.807) is 0 Å². The van der Waals surface area contributed by atoms with Crippen molar-refractivity contribution in [3.63, 3.8) is 0 Å². The molecule has 9 heteroatoms. The van der Waals surface area contributed by atoms with Gasteiger partial charge in [-0.1, -0.05) is 44.2 Å². The van der Waals surface area contributed by atoms with Crippen molar-refractivity contribution in [3.8, 4) is 0 Å². The van der Waals surface area contributed by atoms with Crippen LogP contribution in [0.1, 0.15) is 25.8 Å². The molecule has 1 aromatic heterocycles. The molecule has 8 nitrogen and oxygen atoms in total. The summed E-state index contributed by atoms with van der Waals surface area (Å²) in [7, 11) is -3.70. The Hall–Kier alpha value is -2.91. The average molecular weight is 472 g/mol. The fraction of sp³-hybridized carbons (Fsp3) is 0.417. The van der Waals surface area contributed by atoms with Crippen molar-refractivity contribution in [3.05, 3.63) is 64.6 Å². The SMILES string of the molecule is C[C@@H]1C[C@@H](C)CN(S(=O)(=O)c2ccc3c(c2)oc(=O)n3CC(=O)NCCc2ccccc2)C1. The Morgan fingerprint density at radius 1 is 1.09 bits per heavy atom. The number of aromatic nitrogens is 1. The highest BCUT2D eigenvalue weighted by atomic mass is 32.2. The first-order chi connectivity index (χ1) is 15.7. The van der Waals surface area contributed by atoms with Crippen molar-refractivity contribution >= 4 is 27.0 Å². The van der Waals surface area contributed by atoms with E-state index in [-0.39, 0.29) is 34.8 Å². The number of nitrogens with one attached hydrogen (secondary N) is 1. The molecule has 0 spiro atoms. The number of piperidine rings is 1. The standard InChI is InChI=1S/C24H29N3O5S/c1-17-12-18(2)15-26(14-17)33(30,31)20-8-9-21-22(13-20)32-24(29)27(21)16-23(28)25-11-10-19-6-4-3-5-7-19/h3-9,13,17-18H,10-12,14-16H2,1-2H3,(H,25,28)/t17-,18-/m1/s1. The van der Waals surface area contributed by atoms with Crippen molar-refractivity contribution in [2.45, 2.75) is 38.1 Å². The number of sulfonamides is 1. The van der Waals surface area contributed by atoms with Crippen LogP contribution in [0.2, 0.25) is 0 Å². The number of rotatable bonds is 7. The number of amides is 1. The van der Waals surface area contributed by atoms with Crippen molar-refractivity contribution in [2.75, 3.05) is 19.6 Å².